The third kappa shape index (κ3) is 3.43. The summed E-state index contributed by atoms with van der Waals surface area (Å²) in [4.78, 5) is 0.236. The number of rotatable bonds is 5. The first kappa shape index (κ1) is 16.8. The van der Waals surface area contributed by atoms with E-state index in [0.717, 1.165) is 11.1 Å². The van der Waals surface area contributed by atoms with Crippen LogP contribution in [0.25, 0.3) is 0 Å². The standard InChI is InChI=1S/C16H18ClNO3S/c1-12-10-14(8-9-16(12)21-3)22(19,20)18(2)11-13-6-4-5-7-15(13)17/h4-10H,11H2,1-3H3. The van der Waals surface area contributed by atoms with Crippen LogP contribution in [0.5, 0.6) is 5.75 Å². The van der Waals surface area contributed by atoms with Gasteiger partial charge in [0.25, 0.3) is 0 Å². The first-order valence-electron chi connectivity index (χ1n) is 6.70. The summed E-state index contributed by atoms with van der Waals surface area (Å²) in [5.74, 6) is 0.660. The van der Waals surface area contributed by atoms with Gasteiger partial charge in [0.2, 0.25) is 10.0 Å². The molecule has 0 heterocycles. The number of halogens is 1. The van der Waals surface area contributed by atoms with Gasteiger partial charge in [-0.25, -0.2) is 8.42 Å². The average Bonchev–Trinajstić information content (AvgIpc) is 2.49. The molecule has 0 unspecified atom stereocenters. The van der Waals surface area contributed by atoms with Gasteiger partial charge in [-0.05, 0) is 42.3 Å². The number of nitrogens with zero attached hydrogens (tertiary/aromatic N) is 1. The summed E-state index contributed by atoms with van der Waals surface area (Å²) in [5, 5.41) is 0.551. The van der Waals surface area contributed by atoms with Crippen LogP contribution in [0.2, 0.25) is 5.02 Å². The number of ether oxygens (including phenoxy) is 1. The van der Waals surface area contributed by atoms with E-state index in [0.29, 0.717) is 10.8 Å². The minimum Gasteiger partial charge on any atom is -0.496 e. The predicted octanol–water partition coefficient (Wildman–Crippen LogP) is 3.48. The minimum absolute atomic E-state index is 0.215. The molecule has 0 amide bonds. The zero-order valence-electron chi connectivity index (χ0n) is 12.7. The van der Waals surface area contributed by atoms with Crippen molar-refractivity contribution < 1.29 is 13.2 Å². The molecular formula is C16H18ClNO3S. The van der Waals surface area contributed by atoms with Crippen LogP contribution in [0.4, 0.5) is 0 Å². The fourth-order valence-corrected chi connectivity index (χ4v) is 3.57. The molecule has 0 bridgehead atoms. The van der Waals surface area contributed by atoms with E-state index in [2.05, 4.69) is 0 Å². The fraction of sp³-hybridized carbons (Fsp3) is 0.250. The van der Waals surface area contributed by atoms with Crippen LogP contribution in [0.1, 0.15) is 11.1 Å². The van der Waals surface area contributed by atoms with Crippen LogP contribution >= 0.6 is 11.6 Å². The Hall–Kier alpha value is -1.56. The molecule has 4 nitrogen and oxygen atoms in total. The number of hydrogen-bond donors (Lipinski definition) is 0. The van der Waals surface area contributed by atoms with Crippen LogP contribution in [-0.2, 0) is 16.6 Å². The number of benzene rings is 2. The highest BCUT2D eigenvalue weighted by molar-refractivity contribution is 7.89. The third-order valence-corrected chi connectivity index (χ3v) is 5.59. The molecule has 2 aromatic rings. The van der Waals surface area contributed by atoms with Crippen molar-refractivity contribution in [2.75, 3.05) is 14.2 Å². The van der Waals surface area contributed by atoms with Crippen LogP contribution in [0.15, 0.2) is 47.4 Å². The highest BCUT2D eigenvalue weighted by Gasteiger charge is 2.22. The largest absolute Gasteiger partial charge is 0.496 e. The van der Waals surface area contributed by atoms with Crippen molar-refractivity contribution in [3.63, 3.8) is 0 Å². The molecule has 0 spiro atoms. The van der Waals surface area contributed by atoms with Crippen LogP contribution in [-0.4, -0.2) is 26.9 Å². The van der Waals surface area contributed by atoms with E-state index in [9.17, 15) is 8.42 Å². The maximum atomic E-state index is 12.6. The van der Waals surface area contributed by atoms with E-state index in [1.165, 1.54) is 11.4 Å². The van der Waals surface area contributed by atoms with Gasteiger partial charge in [0.05, 0.1) is 12.0 Å². The molecule has 0 atom stereocenters. The topological polar surface area (TPSA) is 46.6 Å². The first-order chi connectivity index (χ1) is 10.4. The summed E-state index contributed by atoms with van der Waals surface area (Å²) in [6.07, 6.45) is 0. The van der Waals surface area contributed by atoms with Crippen molar-refractivity contribution in [1.82, 2.24) is 4.31 Å². The Bertz CT molecular complexity index is 775. The Balaban J connectivity index is 2.30. The fourth-order valence-electron chi connectivity index (χ4n) is 2.14. The Kier molecular flexibility index (Phi) is 5.11. The first-order valence-corrected chi connectivity index (χ1v) is 8.52. The molecule has 118 valence electrons. The van der Waals surface area contributed by atoms with Gasteiger partial charge in [0, 0.05) is 18.6 Å². The van der Waals surface area contributed by atoms with Gasteiger partial charge in [-0.15, -0.1) is 0 Å². The van der Waals surface area contributed by atoms with Gasteiger partial charge in [-0.2, -0.15) is 4.31 Å². The maximum absolute atomic E-state index is 12.6. The van der Waals surface area contributed by atoms with Crippen LogP contribution < -0.4 is 4.74 Å². The Labute approximate surface area is 136 Å². The second-order valence-corrected chi connectivity index (χ2v) is 7.44. The number of hydrogen-bond acceptors (Lipinski definition) is 3. The van der Waals surface area contributed by atoms with Crippen molar-refractivity contribution in [3.8, 4) is 5.75 Å². The van der Waals surface area contributed by atoms with Gasteiger partial charge < -0.3 is 4.74 Å². The Morgan fingerprint density at radius 2 is 1.86 bits per heavy atom. The highest BCUT2D eigenvalue weighted by atomic mass is 35.5. The number of sulfonamides is 1. The zero-order valence-corrected chi connectivity index (χ0v) is 14.3. The quantitative estimate of drug-likeness (QED) is 0.837. The molecule has 2 aromatic carbocycles. The van der Waals surface area contributed by atoms with Crippen LogP contribution in [0.3, 0.4) is 0 Å². The van der Waals surface area contributed by atoms with E-state index in [-0.39, 0.29) is 11.4 Å². The van der Waals surface area contributed by atoms with Crippen LogP contribution in [0, 0.1) is 6.92 Å². The molecule has 22 heavy (non-hydrogen) atoms. The Morgan fingerprint density at radius 3 is 2.45 bits per heavy atom. The van der Waals surface area contributed by atoms with E-state index in [1.54, 1.807) is 31.4 Å². The molecule has 0 fully saturated rings. The van der Waals surface area contributed by atoms with E-state index in [4.69, 9.17) is 16.3 Å². The molecular weight excluding hydrogens is 322 g/mol. The van der Waals surface area contributed by atoms with Crippen molar-refractivity contribution in [1.29, 1.82) is 0 Å². The van der Waals surface area contributed by atoms with Crippen molar-refractivity contribution >= 4 is 21.6 Å². The lowest BCUT2D eigenvalue weighted by Gasteiger charge is -2.18. The molecule has 0 aliphatic rings. The monoisotopic (exact) mass is 339 g/mol. The lowest BCUT2D eigenvalue weighted by atomic mass is 10.2. The minimum atomic E-state index is -3.58. The summed E-state index contributed by atoms with van der Waals surface area (Å²) in [5.41, 5.74) is 1.54. The molecule has 0 saturated carbocycles. The van der Waals surface area contributed by atoms with Gasteiger partial charge in [-0.3, -0.25) is 0 Å². The summed E-state index contributed by atoms with van der Waals surface area (Å²) in [6, 6.07) is 12.0. The average molecular weight is 340 g/mol. The molecule has 0 saturated heterocycles. The summed E-state index contributed by atoms with van der Waals surface area (Å²) < 4.78 is 31.7. The van der Waals surface area contributed by atoms with Crippen molar-refractivity contribution in [2.24, 2.45) is 0 Å². The van der Waals surface area contributed by atoms with E-state index >= 15 is 0 Å². The van der Waals surface area contributed by atoms with E-state index in [1.807, 2.05) is 25.1 Å². The molecule has 0 radical (unpaired) electrons. The third-order valence-electron chi connectivity index (χ3n) is 3.43. The normalized spacial score (nSPS) is 11.7. The molecule has 0 aliphatic heterocycles. The molecule has 0 N–H and O–H groups in total. The van der Waals surface area contributed by atoms with Gasteiger partial charge >= 0.3 is 0 Å². The Morgan fingerprint density at radius 1 is 1.18 bits per heavy atom. The molecule has 2 rings (SSSR count). The van der Waals surface area contributed by atoms with Gasteiger partial charge in [0.1, 0.15) is 5.75 Å². The maximum Gasteiger partial charge on any atom is 0.243 e. The molecule has 0 aromatic heterocycles. The highest BCUT2D eigenvalue weighted by Crippen LogP contribution is 2.25. The summed E-state index contributed by atoms with van der Waals surface area (Å²) in [6.45, 7) is 2.03. The lowest BCUT2D eigenvalue weighted by Crippen LogP contribution is -2.26. The number of methoxy groups -OCH3 is 1. The van der Waals surface area contributed by atoms with Gasteiger partial charge in [0.15, 0.2) is 0 Å². The van der Waals surface area contributed by atoms with E-state index < -0.39 is 10.0 Å². The summed E-state index contributed by atoms with van der Waals surface area (Å²) >= 11 is 6.09. The van der Waals surface area contributed by atoms with Crippen molar-refractivity contribution in [2.45, 2.75) is 18.4 Å². The second-order valence-electron chi connectivity index (χ2n) is 4.98. The smallest absolute Gasteiger partial charge is 0.243 e. The molecule has 0 aliphatic carbocycles. The zero-order chi connectivity index (χ0) is 16.3. The second kappa shape index (κ2) is 6.69. The van der Waals surface area contributed by atoms with Crippen molar-refractivity contribution in [3.05, 3.63) is 58.6 Å². The number of aryl methyl sites for hydroxylation is 1. The lowest BCUT2D eigenvalue weighted by molar-refractivity contribution is 0.411. The SMILES string of the molecule is COc1ccc(S(=O)(=O)N(C)Cc2ccccc2Cl)cc1C. The molecule has 6 heteroatoms. The van der Waals surface area contributed by atoms with Gasteiger partial charge in [-0.1, -0.05) is 29.8 Å². The predicted molar refractivity (Wildman–Crippen MR) is 87.8 cm³/mol. The summed E-state index contributed by atoms with van der Waals surface area (Å²) in [7, 11) is -0.487.